The number of aromatic amines is 1. The highest BCUT2D eigenvalue weighted by Crippen LogP contribution is 2.42. The van der Waals surface area contributed by atoms with Crippen molar-refractivity contribution < 1.29 is 43.1 Å². The van der Waals surface area contributed by atoms with Gasteiger partial charge in [0.25, 0.3) is 0 Å². The Hall–Kier alpha value is -1.83. The zero-order valence-electron chi connectivity index (χ0n) is 17.3. The standard InChI is InChI=1S/C20H25F3N2O6S/c1-3-32-11-6-4-5-10(7-11)9(2)13-17(20(21,22)23)24-25-18(13)31-16-15(28)14(27)12(8-26)30-19(16)29/h4-7,9,12,14-16,19,26-29H,3,8H2,1-2H3,(H,24,25)/t9?,12-,14-,15+,16-,19-/m1/s1. The molecule has 1 aliphatic heterocycles. The van der Waals surface area contributed by atoms with Gasteiger partial charge in [-0.05, 0) is 23.4 Å². The minimum absolute atomic E-state index is 0.311. The lowest BCUT2D eigenvalue weighted by Gasteiger charge is -2.39. The molecular weight excluding hydrogens is 453 g/mol. The molecule has 1 aromatic heterocycles. The predicted molar refractivity (Wildman–Crippen MR) is 108 cm³/mol. The van der Waals surface area contributed by atoms with Gasteiger partial charge in [0.05, 0.1) is 12.2 Å². The van der Waals surface area contributed by atoms with Crippen molar-refractivity contribution in [1.29, 1.82) is 0 Å². The van der Waals surface area contributed by atoms with Gasteiger partial charge in [0.2, 0.25) is 5.88 Å². The third-order valence-electron chi connectivity index (χ3n) is 5.24. The molecule has 0 amide bonds. The molecular formula is C20H25F3N2O6S. The molecule has 3 rings (SSSR count). The summed E-state index contributed by atoms with van der Waals surface area (Å²) in [4.78, 5) is 0.890. The summed E-state index contributed by atoms with van der Waals surface area (Å²) in [5, 5.41) is 45.2. The van der Waals surface area contributed by atoms with E-state index in [1.165, 1.54) is 0 Å². The number of hydrogen-bond acceptors (Lipinski definition) is 8. The van der Waals surface area contributed by atoms with E-state index in [1.54, 1.807) is 36.9 Å². The number of rotatable bonds is 7. The molecule has 2 heterocycles. The van der Waals surface area contributed by atoms with Crippen LogP contribution in [-0.2, 0) is 10.9 Å². The van der Waals surface area contributed by atoms with Crippen LogP contribution in [0.5, 0.6) is 5.88 Å². The molecule has 8 nitrogen and oxygen atoms in total. The first-order valence-corrected chi connectivity index (χ1v) is 10.9. The number of thioether (sulfide) groups is 1. The first-order chi connectivity index (χ1) is 15.1. The summed E-state index contributed by atoms with van der Waals surface area (Å²) in [5.74, 6) is -0.508. The van der Waals surface area contributed by atoms with Gasteiger partial charge in [0.1, 0.15) is 24.0 Å². The smallest absolute Gasteiger partial charge is 0.433 e. The molecule has 12 heteroatoms. The fourth-order valence-electron chi connectivity index (χ4n) is 3.58. The first-order valence-electron chi connectivity index (χ1n) is 9.93. The highest BCUT2D eigenvalue weighted by atomic mass is 32.2. The molecule has 0 bridgehead atoms. The Kier molecular flexibility index (Phi) is 7.73. The van der Waals surface area contributed by atoms with Crippen molar-refractivity contribution in [1.82, 2.24) is 10.2 Å². The van der Waals surface area contributed by atoms with Crippen LogP contribution in [-0.4, -0.2) is 73.7 Å². The lowest BCUT2D eigenvalue weighted by atomic mass is 9.92. The van der Waals surface area contributed by atoms with Gasteiger partial charge in [-0.1, -0.05) is 26.0 Å². The normalized spacial score (nSPS) is 27.3. The van der Waals surface area contributed by atoms with Crippen LogP contribution in [0.15, 0.2) is 29.2 Å². The number of alkyl halides is 3. The average molecular weight is 478 g/mol. The zero-order valence-corrected chi connectivity index (χ0v) is 18.1. The predicted octanol–water partition coefficient (Wildman–Crippen LogP) is 1.87. The number of aliphatic hydroxyl groups excluding tert-OH is 4. The average Bonchev–Trinajstić information content (AvgIpc) is 3.18. The Labute approximate surface area is 186 Å². The van der Waals surface area contributed by atoms with Crippen LogP contribution in [0.25, 0.3) is 0 Å². The molecule has 6 atom stereocenters. The molecule has 1 aromatic carbocycles. The van der Waals surface area contributed by atoms with Gasteiger partial charge in [0.15, 0.2) is 12.4 Å². The fraction of sp³-hybridized carbons (Fsp3) is 0.550. The maximum absolute atomic E-state index is 13.7. The topological polar surface area (TPSA) is 128 Å². The quantitative estimate of drug-likeness (QED) is 0.382. The maximum atomic E-state index is 13.7. The number of halogens is 3. The number of ether oxygens (including phenoxy) is 2. The van der Waals surface area contributed by atoms with E-state index in [0.29, 0.717) is 5.56 Å². The molecule has 0 saturated carbocycles. The van der Waals surface area contributed by atoms with Crippen molar-refractivity contribution in [3.8, 4) is 5.88 Å². The summed E-state index contributed by atoms with van der Waals surface area (Å²) in [7, 11) is 0. The third-order valence-corrected chi connectivity index (χ3v) is 6.12. The molecule has 178 valence electrons. The van der Waals surface area contributed by atoms with E-state index >= 15 is 0 Å². The second-order valence-electron chi connectivity index (χ2n) is 7.35. The number of hydrogen-bond donors (Lipinski definition) is 5. The Bertz CT molecular complexity index is 912. The van der Waals surface area contributed by atoms with Gasteiger partial charge in [-0.15, -0.1) is 16.9 Å². The zero-order chi connectivity index (χ0) is 23.6. The highest BCUT2D eigenvalue weighted by molar-refractivity contribution is 7.99. The summed E-state index contributed by atoms with van der Waals surface area (Å²) < 4.78 is 51.6. The number of nitrogens with one attached hydrogen (secondary N) is 1. The summed E-state index contributed by atoms with van der Waals surface area (Å²) >= 11 is 1.54. The van der Waals surface area contributed by atoms with Gasteiger partial charge in [-0.25, -0.2) is 0 Å². The van der Waals surface area contributed by atoms with E-state index < -0.39 is 61.0 Å². The highest BCUT2D eigenvalue weighted by Gasteiger charge is 2.47. The minimum Gasteiger partial charge on any atom is -0.465 e. The van der Waals surface area contributed by atoms with E-state index in [4.69, 9.17) is 9.47 Å². The summed E-state index contributed by atoms with van der Waals surface area (Å²) in [6.07, 6.45) is -12.9. The fourth-order valence-corrected chi connectivity index (χ4v) is 4.30. The van der Waals surface area contributed by atoms with Gasteiger partial charge < -0.3 is 29.9 Å². The van der Waals surface area contributed by atoms with E-state index in [1.807, 2.05) is 18.1 Å². The largest absolute Gasteiger partial charge is 0.465 e. The molecule has 0 aliphatic carbocycles. The van der Waals surface area contributed by atoms with Gasteiger partial charge in [-0.3, -0.25) is 5.10 Å². The Morgan fingerprint density at radius 3 is 2.59 bits per heavy atom. The second kappa shape index (κ2) is 9.98. The molecule has 1 aliphatic rings. The van der Waals surface area contributed by atoms with Crippen LogP contribution in [0.1, 0.15) is 36.6 Å². The third kappa shape index (κ3) is 5.05. The molecule has 0 spiro atoms. The van der Waals surface area contributed by atoms with Crippen LogP contribution >= 0.6 is 11.8 Å². The van der Waals surface area contributed by atoms with Crippen molar-refractivity contribution in [2.45, 2.75) is 61.5 Å². The molecule has 1 saturated heterocycles. The molecule has 5 N–H and O–H groups in total. The Morgan fingerprint density at radius 1 is 1.25 bits per heavy atom. The Morgan fingerprint density at radius 2 is 1.97 bits per heavy atom. The molecule has 0 radical (unpaired) electrons. The SMILES string of the molecule is CCSc1cccc(C(C)c2c(O[C@@H]3[C@@H](O)[C@H](O)[C@@H](CO)O[C@H]3O)n[nH]c2C(F)(F)F)c1. The van der Waals surface area contributed by atoms with E-state index in [2.05, 4.69) is 5.10 Å². The number of aliphatic hydroxyl groups is 4. The number of aromatic nitrogens is 2. The molecule has 32 heavy (non-hydrogen) atoms. The van der Waals surface area contributed by atoms with Crippen molar-refractivity contribution in [3.63, 3.8) is 0 Å². The van der Waals surface area contributed by atoms with E-state index in [-0.39, 0.29) is 5.56 Å². The van der Waals surface area contributed by atoms with Crippen LogP contribution in [0.2, 0.25) is 0 Å². The lowest BCUT2D eigenvalue weighted by molar-refractivity contribution is -0.281. The molecule has 1 unspecified atom stereocenters. The summed E-state index contributed by atoms with van der Waals surface area (Å²) in [6.45, 7) is 2.84. The van der Waals surface area contributed by atoms with Gasteiger partial charge in [0, 0.05) is 10.8 Å². The maximum Gasteiger partial charge on any atom is 0.433 e. The van der Waals surface area contributed by atoms with Crippen LogP contribution in [0.4, 0.5) is 13.2 Å². The van der Waals surface area contributed by atoms with Crippen molar-refractivity contribution >= 4 is 11.8 Å². The van der Waals surface area contributed by atoms with Gasteiger partial charge in [-0.2, -0.15) is 13.2 Å². The van der Waals surface area contributed by atoms with Crippen molar-refractivity contribution in [2.75, 3.05) is 12.4 Å². The summed E-state index contributed by atoms with van der Waals surface area (Å²) in [6, 6.07) is 7.06. The number of nitrogens with zero attached hydrogens (tertiary/aromatic N) is 1. The summed E-state index contributed by atoms with van der Waals surface area (Å²) in [5.41, 5.74) is -0.848. The molecule has 2 aromatic rings. The van der Waals surface area contributed by atoms with Crippen LogP contribution in [0.3, 0.4) is 0 Å². The molecule has 1 fully saturated rings. The van der Waals surface area contributed by atoms with E-state index in [0.717, 1.165) is 10.6 Å². The van der Waals surface area contributed by atoms with Crippen molar-refractivity contribution in [2.24, 2.45) is 0 Å². The Balaban J connectivity index is 1.98. The van der Waals surface area contributed by atoms with E-state index in [9.17, 15) is 33.6 Å². The second-order valence-corrected chi connectivity index (χ2v) is 8.69. The first kappa shape index (κ1) is 24.8. The van der Waals surface area contributed by atoms with Crippen LogP contribution < -0.4 is 4.74 Å². The monoisotopic (exact) mass is 478 g/mol. The van der Waals surface area contributed by atoms with Gasteiger partial charge >= 0.3 is 6.18 Å². The minimum atomic E-state index is -4.77. The number of benzene rings is 1. The lowest BCUT2D eigenvalue weighted by Crippen LogP contribution is -2.60. The van der Waals surface area contributed by atoms with Crippen LogP contribution in [0, 0.1) is 0 Å². The number of H-pyrrole nitrogens is 1. The van der Waals surface area contributed by atoms with Crippen molar-refractivity contribution in [3.05, 3.63) is 41.1 Å².